The van der Waals surface area contributed by atoms with E-state index in [1.165, 1.54) is 55.6 Å². The molecular weight excluding hydrogens is 877 g/mol. The fourth-order valence-electron chi connectivity index (χ4n) is 12.4. The van der Waals surface area contributed by atoms with Gasteiger partial charge >= 0.3 is 0 Å². The average molecular weight is 923 g/mol. The molecule has 0 fully saturated rings. The van der Waals surface area contributed by atoms with Crippen molar-refractivity contribution >= 4 is 51.7 Å². The van der Waals surface area contributed by atoms with E-state index < -0.39 is 5.41 Å². The number of benzene rings is 10. The maximum atomic E-state index is 6.57. The van der Waals surface area contributed by atoms with E-state index in [1.54, 1.807) is 0 Å². The first-order valence-corrected chi connectivity index (χ1v) is 24.6. The van der Waals surface area contributed by atoms with Crippen LogP contribution in [0.2, 0.25) is 0 Å². The highest BCUT2D eigenvalue weighted by atomic mass is 16.3. The summed E-state index contributed by atoms with van der Waals surface area (Å²) in [4.78, 5) is 10.5. The van der Waals surface area contributed by atoms with E-state index in [4.69, 9.17) is 19.5 Å². The molecule has 0 N–H and O–H groups in total. The highest BCUT2D eigenvalue weighted by Crippen LogP contribution is 2.64. The molecule has 0 saturated carbocycles. The van der Waals surface area contributed by atoms with Crippen molar-refractivity contribution in [3.63, 3.8) is 0 Å². The first kappa shape index (κ1) is 41.8. The second kappa shape index (κ2) is 15.9. The third-order valence-electron chi connectivity index (χ3n) is 15.5. The fraction of sp³-hybridized carbons (Fsp3) is 0.0597. The fourth-order valence-corrected chi connectivity index (χ4v) is 12.4. The summed E-state index contributed by atoms with van der Waals surface area (Å²) in [5.41, 5.74) is 21.1. The standard InChI is InChI=1S/C67H46N4O/c1-66(2)52-29-12-9-24-47(52)61-50(27-17-33-56(61)66)64(68-3)69-65(51-28-18-37-60-62(51)49-26-11-16-36-59(49)72-60)70-71(44-40-38-43(39-41-44)42-20-5-4-6-21-42)58-35-19-34-57-63(58)48-25-10-15-32-55(48)67(57)53-30-13-7-22-45(53)46-23-8-14-31-54(46)67/h4-41H,3H2,1-2H3/b69-64-,70-65-. The lowest BCUT2D eigenvalue weighted by molar-refractivity contribution is 0.660. The molecule has 0 unspecified atom stereocenters. The van der Waals surface area contributed by atoms with Gasteiger partial charge in [-0.3, -0.25) is 0 Å². The summed E-state index contributed by atoms with van der Waals surface area (Å²) in [5, 5.41) is 9.89. The van der Waals surface area contributed by atoms with Crippen molar-refractivity contribution in [2.45, 2.75) is 24.7 Å². The summed E-state index contributed by atoms with van der Waals surface area (Å²) in [7, 11) is 0. The summed E-state index contributed by atoms with van der Waals surface area (Å²) in [6.07, 6.45) is 0. The molecule has 11 aromatic rings. The quantitative estimate of drug-likeness (QED) is 0.0948. The summed E-state index contributed by atoms with van der Waals surface area (Å²) < 4.78 is 6.57. The topological polar surface area (TPSA) is 53.5 Å². The molecule has 1 heterocycles. The number of rotatable bonds is 6. The lowest BCUT2D eigenvalue weighted by atomic mass is 9.70. The van der Waals surface area contributed by atoms with Crippen molar-refractivity contribution < 1.29 is 4.42 Å². The molecular formula is C67H46N4O. The van der Waals surface area contributed by atoms with Crippen molar-refractivity contribution in [1.82, 2.24) is 0 Å². The summed E-state index contributed by atoms with van der Waals surface area (Å²) in [6.45, 7) is 8.81. The van der Waals surface area contributed by atoms with Gasteiger partial charge in [0, 0.05) is 32.9 Å². The number of hydrogen-bond donors (Lipinski definition) is 0. The number of para-hydroxylation sites is 1. The molecule has 0 aliphatic heterocycles. The van der Waals surface area contributed by atoms with Crippen LogP contribution in [0.1, 0.15) is 58.4 Å². The Hall–Kier alpha value is -9.19. The third-order valence-corrected chi connectivity index (χ3v) is 15.5. The summed E-state index contributed by atoms with van der Waals surface area (Å²) >= 11 is 0. The van der Waals surface area contributed by atoms with E-state index in [0.29, 0.717) is 11.7 Å². The molecule has 0 saturated heterocycles. The summed E-state index contributed by atoms with van der Waals surface area (Å²) in [5.74, 6) is 0.934. The van der Waals surface area contributed by atoms with Gasteiger partial charge < -0.3 is 4.42 Å². The molecule has 14 rings (SSSR count). The minimum Gasteiger partial charge on any atom is -0.456 e. The van der Waals surface area contributed by atoms with Crippen LogP contribution in [0.5, 0.6) is 0 Å². The van der Waals surface area contributed by atoms with Gasteiger partial charge in [-0.2, -0.15) is 0 Å². The first-order chi connectivity index (χ1) is 35.4. The predicted octanol–water partition coefficient (Wildman–Crippen LogP) is 16.6. The lowest BCUT2D eigenvalue weighted by Gasteiger charge is -2.31. The molecule has 3 aliphatic rings. The van der Waals surface area contributed by atoms with Crippen LogP contribution in [0, 0.1) is 0 Å². The lowest BCUT2D eigenvalue weighted by Crippen LogP contribution is -2.26. The minimum atomic E-state index is -0.554. The minimum absolute atomic E-state index is 0.225. The maximum absolute atomic E-state index is 6.57. The SMILES string of the molecule is C=N/C(=N\C(=N/N(c1ccc(-c2ccccc2)cc1)c1cccc2c1-c1ccccc1C21c2ccccc2-c2ccccc21)c1cccc2oc3ccccc3c12)c1cccc2c1-c1ccccc1C2(C)C. The largest absolute Gasteiger partial charge is 0.456 e. The van der Waals surface area contributed by atoms with Gasteiger partial charge in [0.15, 0.2) is 11.7 Å². The van der Waals surface area contributed by atoms with Crippen LogP contribution in [-0.2, 0) is 10.8 Å². The monoisotopic (exact) mass is 922 g/mol. The highest BCUT2D eigenvalue weighted by molar-refractivity contribution is 6.23. The Morgan fingerprint density at radius 1 is 0.431 bits per heavy atom. The molecule has 1 spiro atoms. The second-order valence-corrected chi connectivity index (χ2v) is 19.5. The Labute approximate surface area is 418 Å². The van der Waals surface area contributed by atoms with E-state index in [0.717, 1.165) is 66.7 Å². The first-order valence-electron chi connectivity index (χ1n) is 24.6. The molecule has 0 atom stereocenters. The van der Waals surface area contributed by atoms with Gasteiger partial charge in [-0.1, -0.05) is 214 Å². The number of amidine groups is 2. The molecule has 10 aromatic carbocycles. The van der Waals surface area contributed by atoms with Crippen molar-refractivity contribution in [2.75, 3.05) is 5.01 Å². The van der Waals surface area contributed by atoms with E-state index in [9.17, 15) is 0 Å². The number of aliphatic imine (C=N–C) groups is 2. The van der Waals surface area contributed by atoms with Crippen LogP contribution >= 0.6 is 0 Å². The molecule has 72 heavy (non-hydrogen) atoms. The Balaban J connectivity index is 1.07. The van der Waals surface area contributed by atoms with Gasteiger partial charge in [0.1, 0.15) is 11.2 Å². The van der Waals surface area contributed by atoms with E-state index in [2.05, 4.69) is 232 Å². The molecule has 1 aromatic heterocycles. The van der Waals surface area contributed by atoms with E-state index in [-0.39, 0.29) is 5.41 Å². The smallest absolute Gasteiger partial charge is 0.182 e. The third kappa shape index (κ3) is 5.91. The highest BCUT2D eigenvalue weighted by Gasteiger charge is 2.52. The molecule has 0 bridgehead atoms. The van der Waals surface area contributed by atoms with Crippen molar-refractivity contribution in [2.24, 2.45) is 15.1 Å². The zero-order valence-electron chi connectivity index (χ0n) is 39.8. The number of anilines is 2. The van der Waals surface area contributed by atoms with Crippen LogP contribution < -0.4 is 5.01 Å². The predicted molar refractivity (Wildman–Crippen MR) is 297 cm³/mol. The average Bonchev–Trinajstić information content (AvgIpc) is 4.14. The Bertz CT molecular complexity index is 4060. The van der Waals surface area contributed by atoms with Crippen LogP contribution in [0.15, 0.2) is 250 Å². The summed E-state index contributed by atoms with van der Waals surface area (Å²) in [6, 6.07) is 82.2. The number of fused-ring (bicyclic) bond motifs is 16. The maximum Gasteiger partial charge on any atom is 0.182 e. The van der Waals surface area contributed by atoms with Crippen LogP contribution in [0.25, 0.3) is 66.4 Å². The van der Waals surface area contributed by atoms with Crippen molar-refractivity contribution in [3.05, 3.63) is 275 Å². The number of hydrazone groups is 1. The molecule has 3 aliphatic carbocycles. The Morgan fingerprint density at radius 2 is 0.958 bits per heavy atom. The van der Waals surface area contributed by atoms with Gasteiger partial charge in [0.05, 0.1) is 16.8 Å². The zero-order valence-corrected chi connectivity index (χ0v) is 39.8. The Morgan fingerprint density at radius 3 is 1.68 bits per heavy atom. The van der Waals surface area contributed by atoms with Gasteiger partial charge in [0.25, 0.3) is 0 Å². The van der Waals surface area contributed by atoms with Crippen molar-refractivity contribution in [1.29, 1.82) is 0 Å². The van der Waals surface area contributed by atoms with Crippen LogP contribution in [-0.4, -0.2) is 18.4 Å². The Kier molecular flexibility index (Phi) is 9.23. The van der Waals surface area contributed by atoms with E-state index >= 15 is 0 Å². The molecule has 0 amide bonds. The number of furan rings is 1. The van der Waals surface area contributed by atoms with Gasteiger partial charge in [-0.05, 0) is 109 Å². The molecule has 0 radical (unpaired) electrons. The van der Waals surface area contributed by atoms with Crippen molar-refractivity contribution in [3.8, 4) is 44.5 Å². The van der Waals surface area contributed by atoms with Gasteiger partial charge in [0.2, 0.25) is 0 Å². The van der Waals surface area contributed by atoms with Crippen LogP contribution in [0.3, 0.4) is 0 Å². The molecule has 5 nitrogen and oxygen atoms in total. The number of nitrogens with zero attached hydrogens (tertiary/aromatic N) is 4. The molecule has 340 valence electrons. The second-order valence-electron chi connectivity index (χ2n) is 19.5. The molecule has 5 heteroatoms. The van der Waals surface area contributed by atoms with Gasteiger partial charge in [-0.25, -0.2) is 15.0 Å². The van der Waals surface area contributed by atoms with Crippen LogP contribution in [0.4, 0.5) is 11.4 Å². The zero-order chi connectivity index (χ0) is 48.1. The van der Waals surface area contributed by atoms with E-state index in [1.807, 2.05) is 24.3 Å². The number of hydrogen-bond acceptors (Lipinski definition) is 3. The van der Waals surface area contributed by atoms with Gasteiger partial charge in [-0.15, -0.1) is 5.10 Å². The normalized spacial score (nSPS) is 14.4.